The number of aliphatic hydroxyl groups excluding tert-OH is 1. The van der Waals surface area contributed by atoms with Gasteiger partial charge in [0.25, 0.3) is 0 Å². The van der Waals surface area contributed by atoms with Gasteiger partial charge in [-0.25, -0.2) is 0 Å². The van der Waals surface area contributed by atoms with E-state index < -0.39 is 0 Å². The van der Waals surface area contributed by atoms with Crippen LogP contribution in [0.25, 0.3) is 0 Å². The third kappa shape index (κ3) is 2.69. The van der Waals surface area contributed by atoms with Crippen LogP contribution in [0.1, 0.15) is 32.6 Å². The number of likely N-dealkylation sites (N-methyl/N-ethyl adjacent to an activating group) is 1. The summed E-state index contributed by atoms with van der Waals surface area (Å²) in [6, 6.07) is 0.836. The standard InChI is InChI=1S/C11H24N2O/c1-9(8-14)13(2)11-6-4-3-5-10(11)7-12/h9-11,14H,3-8,12H2,1-2H3. The molecule has 0 saturated heterocycles. The molecule has 1 saturated carbocycles. The molecule has 0 aromatic heterocycles. The first kappa shape index (κ1) is 12.0. The zero-order chi connectivity index (χ0) is 10.6. The molecule has 3 atom stereocenters. The van der Waals surface area contributed by atoms with E-state index in [1.54, 1.807) is 0 Å². The van der Waals surface area contributed by atoms with E-state index in [9.17, 15) is 0 Å². The largest absolute Gasteiger partial charge is 0.395 e. The van der Waals surface area contributed by atoms with Gasteiger partial charge in [-0.05, 0) is 39.3 Å². The van der Waals surface area contributed by atoms with Crippen LogP contribution in [-0.2, 0) is 0 Å². The van der Waals surface area contributed by atoms with Crippen molar-refractivity contribution >= 4 is 0 Å². The molecule has 1 aliphatic rings. The van der Waals surface area contributed by atoms with Crippen molar-refractivity contribution in [3.8, 4) is 0 Å². The molecule has 0 amide bonds. The van der Waals surface area contributed by atoms with Gasteiger partial charge in [0.15, 0.2) is 0 Å². The summed E-state index contributed by atoms with van der Waals surface area (Å²) < 4.78 is 0. The fraction of sp³-hybridized carbons (Fsp3) is 1.00. The van der Waals surface area contributed by atoms with E-state index in [1.165, 1.54) is 25.7 Å². The van der Waals surface area contributed by atoms with Crippen molar-refractivity contribution in [1.29, 1.82) is 0 Å². The molecule has 1 aliphatic carbocycles. The monoisotopic (exact) mass is 200 g/mol. The highest BCUT2D eigenvalue weighted by molar-refractivity contribution is 4.84. The third-order valence-electron chi connectivity index (χ3n) is 3.65. The van der Waals surface area contributed by atoms with Crippen LogP contribution in [0.4, 0.5) is 0 Å². The first-order valence-electron chi connectivity index (χ1n) is 5.73. The molecular weight excluding hydrogens is 176 g/mol. The second kappa shape index (κ2) is 5.69. The number of rotatable bonds is 4. The van der Waals surface area contributed by atoms with E-state index in [-0.39, 0.29) is 12.6 Å². The molecule has 0 spiro atoms. The molecule has 0 radical (unpaired) electrons. The van der Waals surface area contributed by atoms with Gasteiger partial charge in [0, 0.05) is 12.1 Å². The van der Waals surface area contributed by atoms with Gasteiger partial charge in [-0.1, -0.05) is 12.8 Å². The number of hydrogen-bond acceptors (Lipinski definition) is 3. The molecular formula is C11H24N2O. The fourth-order valence-electron chi connectivity index (χ4n) is 2.45. The van der Waals surface area contributed by atoms with Gasteiger partial charge in [-0.2, -0.15) is 0 Å². The van der Waals surface area contributed by atoms with Gasteiger partial charge in [0.1, 0.15) is 0 Å². The first-order chi connectivity index (χ1) is 6.70. The van der Waals surface area contributed by atoms with E-state index in [0.29, 0.717) is 12.0 Å². The highest BCUT2D eigenvalue weighted by Crippen LogP contribution is 2.27. The van der Waals surface area contributed by atoms with Crippen molar-refractivity contribution in [2.45, 2.75) is 44.7 Å². The predicted molar refractivity (Wildman–Crippen MR) is 59.1 cm³/mol. The van der Waals surface area contributed by atoms with E-state index >= 15 is 0 Å². The summed E-state index contributed by atoms with van der Waals surface area (Å²) in [5.41, 5.74) is 5.78. The molecule has 0 bridgehead atoms. The van der Waals surface area contributed by atoms with E-state index in [1.807, 2.05) is 0 Å². The number of nitrogens with zero attached hydrogens (tertiary/aromatic N) is 1. The molecule has 1 rings (SSSR count). The van der Waals surface area contributed by atoms with E-state index in [2.05, 4.69) is 18.9 Å². The minimum absolute atomic E-state index is 0.240. The van der Waals surface area contributed by atoms with Crippen LogP contribution in [0.5, 0.6) is 0 Å². The Bertz CT molecular complexity index is 163. The maximum atomic E-state index is 9.12. The normalized spacial score (nSPS) is 30.6. The molecule has 14 heavy (non-hydrogen) atoms. The summed E-state index contributed by atoms with van der Waals surface area (Å²) in [4.78, 5) is 2.30. The van der Waals surface area contributed by atoms with Crippen molar-refractivity contribution in [2.75, 3.05) is 20.2 Å². The van der Waals surface area contributed by atoms with Crippen LogP contribution in [0.3, 0.4) is 0 Å². The van der Waals surface area contributed by atoms with E-state index in [0.717, 1.165) is 6.54 Å². The SMILES string of the molecule is CC(CO)N(C)C1CCCCC1CN. The van der Waals surface area contributed by atoms with Crippen LogP contribution in [0.2, 0.25) is 0 Å². The Morgan fingerprint density at radius 3 is 2.64 bits per heavy atom. The van der Waals surface area contributed by atoms with Gasteiger partial charge < -0.3 is 10.8 Å². The van der Waals surface area contributed by atoms with Crippen LogP contribution in [-0.4, -0.2) is 42.3 Å². The highest BCUT2D eigenvalue weighted by atomic mass is 16.3. The second-order valence-corrected chi connectivity index (χ2v) is 4.54. The number of nitrogens with two attached hydrogens (primary N) is 1. The van der Waals surface area contributed by atoms with E-state index in [4.69, 9.17) is 10.8 Å². The van der Waals surface area contributed by atoms with Crippen molar-refractivity contribution in [1.82, 2.24) is 4.90 Å². The second-order valence-electron chi connectivity index (χ2n) is 4.54. The quantitative estimate of drug-likeness (QED) is 0.706. The third-order valence-corrected chi connectivity index (χ3v) is 3.65. The van der Waals surface area contributed by atoms with Gasteiger partial charge in [-0.3, -0.25) is 4.90 Å². The lowest BCUT2D eigenvalue weighted by Crippen LogP contribution is -2.47. The van der Waals surface area contributed by atoms with Crippen LogP contribution >= 0.6 is 0 Å². The summed E-state index contributed by atoms with van der Waals surface area (Å²) in [6.07, 6.45) is 5.12. The number of hydrogen-bond donors (Lipinski definition) is 2. The Balaban J connectivity index is 2.53. The molecule has 1 fully saturated rings. The number of aliphatic hydroxyl groups is 1. The smallest absolute Gasteiger partial charge is 0.0584 e. The lowest BCUT2D eigenvalue weighted by molar-refractivity contribution is 0.0682. The maximum absolute atomic E-state index is 9.12. The molecule has 3 nitrogen and oxygen atoms in total. The maximum Gasteiger partial charge on any atom is 0.0584 e. The summed E-state index contributed by atoms with van der Waals surface area (Å²) in [6.45, 7) is 3.10. The summed E-state index contributed by atoms with van der Waals surface area (Å²) in [5, 5.41) is 9.12. The van der Waals surface area contributed by atoms with Crippen molar-refractivity contribution in [2.24, 2.45) is 11.7 Å². The molecule has 3 heteroatoms. The van der Waals surface area contributed by atoms with Crippen LogP contribution < -0.4 is 5.73 Å². The van der Waals surface area contributed by atoms with Gasteiger partial charge in [-0.15, -0.1) is 0 Å². The lowest BCUT2D eigenvalue weighted by Gasteiger charge is -2.40. The van der Waals surface area contributed by atoms with Gasteiger partial charge in [0.2, 0.25) is 0 Å². The van der Waals surface area contributed by atoms with Crippen LogP contribution in [0, 0.1) is 5.92 Å². The molecule has 84 valence electrons. The molecule has 0 aromatic rings. The Labute approximate surface area is 87.3 Å². The van der Waals surface area contributed by atoms with Gasteiger partial charge in [0.05, 0.1) is 6.61 Å². The van der Waals surface area contributed by atoms with Crippen LogP contribution in [0.15, 0.2) is 0 Å². The van der Waals surface area contributed by atoms with Crippen molar-refractivity contribution in [3.05, 3.63) is 0 Å². The lowest BCUT2D eigenvalue weighted by atomic mass is 9.83. The van der Waals surface area contributed by atoms with Gasteiger partial charge >= 0.3 is 0 Å². The van der Waals surface area contributed by atoms with Crippen molar-refractivity contribution < 1.29 is 5.11 Å². The zero-order valence-corrected chi connectivity index (χ0v) is 9.45. The Morgan fingerprint density at radius 1 is 1.43 bits per heavy atom. The Kier molecular flexibility index (Phi) is 4.85. The molecule has 0 heterocycles. The minimum atomic E-state index is 0.240. The molecule has 3 N–H and O–H groups in total. The minimum Gasteiger partial charge on any atom is -0.395 e. The molecule has 0 aliphatic heterocycles. The Morgan fingerprint density at radius 2 is 2.07 bits per heavy atom. The zero-order valence-electron chi connectivity index (χ0n) is 9.45. The van der Waals surface area contributed by atoms with Crippen molar-refractivity contribution in [3.63, 3.8) is 0 Å². The average molecular weight is 200 g/mol. The molecule has 0 aromatic carbocycles. The first-order valence-corrected chi connectivity index (χ1v) is 5.73. The fourth-order valence-corrected chi connectivity index (χ4v) is 2.45. The summed E-state index contributed by atoms with van der Waals surface area (Å²) >= 11 is 0. The summed E-state index contributed by atoms with van der Waals surface area (Å²) in [5.74, 6) is 0.628. The average Bonchev–Trinajstić information content (AvgIpc) is 2.26. The highest BCUT2D eigenvalue weighted by Gasteiger charge is 2.29. The topological polar surface area (TPSA) is 49.5 Å². The predicted octanol–water partition coefficient (Wildman–Crippen LogP) is 0.816. The molecule has 3 unspecified atom stereocenters. The Hall–Kier alpha value is -0.120. The summed E-state index contributed by atoms with van der Waals surface area (Å²) in [7, 11) is 2.11.